The van der Waals surface area contributed by atoms with Crippen LogP contribution >= 0.6 is 0 Å². The Balaban J connectivity index is 2.11. The minimum absolute atomic E-state index is 0.0863. The Hall–Kier alpha value is -3.22. The fourth-order valence-corrected chi connectivity index (χ4v) is 2.64. The topological polar surface area (TPSA) is 94.1 Å². The van der Waals surface area contributed by atoms with Gasteiger partial charge in [0.15, 0.2) is 11.5 Å². The van der Waals surface area contributed by atoms with Crippen molar-refractivity contribution in [3.8, 4) is 17.2 Å². The third kappa shape index (κ3) is 4.91. The second-order valence-electron chi connectivity index (χ2n) is 6.00. The highest BCUT2D eigenvalue weighted by molar-refractivity contribution is 5.95. The molecular weight excluding hydrogens is 350 g/mol. The van der Waals surface area contributed by atoms with Crippen LogP contribution < -0.4 is 19.5 Å². The van der Waals surface area contributed by atoms with Crippen LogP contribution in [0, 0.1) is 5.92 Å². The second-order valence-corrected chi connectivity index (χ2v) is 6.00. The van der Waals surface area contributed by atoms with Gasteiger partial charge in [-0.15, -0.1) is 0 Å². The number of amides is 1. The summed E-state index contributed by atoms with van der Waals surface area (Å²) in [4.78, 5) is 23.6. The van der Waals surface area contributed by atoms with Crippen molar-refractivity contribution in [2.24, 2.45) is 5.92 Å². The molecule has 0 aliphatic heterocycles. The molecule has 2 aromatic carbocycles. The Bertz CT molecular complexity index is 833. The van der Waals surface area contributed by atoms with Crippen molar-refractivity contribution < 1.29 is 28.9 Å². The zero-order valence-electron chi connectivity index (χ0n) is 15.7. The third-order valence-electron chi connectivity index (χ3n) is 4.14. The van der Waals surface area contributed by atoms with Crippen molar-refractivity contribution in [2.45, 2.75) is 13.3 Å². The fraction of sp³-hybridized carbons (Fsp3) is 0.300. The maximum Gasteiger partial charge on any atom is 0.335 e. The van der Waals surface area contributed by atoms with Gasteiger partial charge in [0.2, 0.25) is 5.91 Å². The summed E-state index contributed by atoms with van der Waals surface area (Å²) in [5.74, 6) is -0.0668. The van der Waals surface area contributed by atoms with Crippen LogP contribution in [-0.2, 0) is 11.2 Å². The van der Waals surface area contributed by atoms with Crippen LogP contribution in [0.15, 0.2) is 36.4 Å². The smallest absolute Gasteiger partial charge is 0.335 e. The monoisotopic (exact) mass is 373 g/mol. The van der Waals surface area contributed by atoms with Crippen molar-refractivity contribution in [1.29, 1.82) is 0 Å². The number of carboxylic acid groups (broad SMARTS) is 1. The van der Waals surface area contributed by atoms with Crippen LogP contribution in [-0.4, -0.2) is 38.3 Å². The molecule has 1 unspecified atom stereocenters. The minimum Gasteiger partial charge on any atom is -0.495 e. The standard InChI is InChI=1S/C20H23NO6/c1-12(9-13-5-8-16(25-2)18(10-13)27-4)19(22)21-15-7-6-14(20(23)24)11-17(15)26-3/h5-8,10-12H,9H2,1-4H3,(H,21,22)(H,23,24). The highest BCUT2D eigenvalue weighted by atomic mass is 16.5. The van der Waals surface area contributed by atoms with Gasteiger partial charge < -0.3 is 24.6 Å². The van der Waals surface area contributed by atoms with Gasteiger partial charge in [-0.2, -0.15) is 0 Å². The van der Waals surface area contributed by atoms with Crippen LogP contribution in [0.1, 0.15) is 22.8 Å². The molecule has 0 aliphatic carbocycles. The van der Waals surface area contributed by atoms with E-state index in [9.17, 15) is 9.59 Å². The van der Waals surface area contributed by atoms with E-state index in [4.69, 9.17) is 19.3 Å². The first kappa shape index (κ1) is 20.1. The SMILES string of the molecule is COc1cc(C(=O)O)ccc1NC(=O)C(C)Cc1ccc(OC)c(OC)c1. The van der Waals surface area contributed by atoms with E-state index >= 15 is 0 Å². The summed E-state index contributed by atoms with van der Waals surface area (Å²) in [6.45, 7) is 1.81. The summed E-state index contributed by atoms with van der Waals surface area (Å²) >= 11 is 0. The number of carbonyl (C=O) groups is 2. The number of carboxylic acids is 1. The van der Waals surface area contributed by atoms with Gasteiger partial charge in [-0.3, -0.25) is 4.79 Å². The average molecular weight is 373 g/mol. The summed E-state index contributed by atoms with van der Waals surface area (Å²) in [6.07, 6.45) is 0.502. The first-order chi connectivity index (χ1) is 12.9. The number of hydrogen-bond acceptors (Lipinski definition) is 5. The predicted octanol–water partition coefficient (Wildman–Crippen LogP) is 3.23. The van der Waals surface area contributed by atoms with Gasteiger partial charge in [-0.05, 0) is 42.3 Å². The fourth-order valence-electron chi connectivity index (χ4n) is 2.64. The molecule has 7 nitrogen and oxygen atoms in total. The summed E-state index contributed by atoms with van der Waals surface area (Å²) in [5.41, 5.74) is 1.44. The Kier molecular flexibility index (Phi) is 6.65. The van der Waals surface area contributed by atoms with Gasteiger partial charge in [0.05, 0.1) is 32.6 Å². The molecule has 27 heavy (non-hydrogen) atoms. The van der Waals surface area contributed by atoms with E-state index in [0.29, 0.717) is 29.4 Å². The van der Waals surface area contributed by atoms with Crippen LogP contribution in [0.5, 0.6) is 17.2 Å². The van der Waals surface area contributed by atoms with Gasteiger partial charge in [0, 0.05) is 5.92 Å². The molecule has 0 saturated heterocycles. The molecule has 2 N–H and O–H groups in total. The molecular formula is C20H23NO6. The van der Waals surface area contributed by atoms with Gasteiger partial charge in [-0.25, -0.2) is 4.79 Å². The van der Waals surface area contributed by atoms with Crippen LogP contribution in [0.2, 0.25) is 0 Å². The number of aromatic carboxylic acids is 1. The van der Waals surface area contributed by atoms with E-state index < -0.39 is 5.97 Å². The molecule has 1 amide bonds. The number of methoxy groups -OCH3 is 3. The molecule has 1 atom stereocenters. The molecule has 0 fully saturated rings. The van der Waals surface area contributed by atoms with Crippen LogP contribution in [0.3, 0.4) is 0 Å². The Morgan fingerprint density at radius 3 is 2.22 bits per heavy atom. The van der Waals surface area contributed by atoms with E-state index in [2.05, 4.69) is 5.32 Å². The first-order valence-corrected chi connectivity index (χ1v) is 8.32. The van der Waals surface area contributed by atoms with Crippen molar-refractivity contribution in [1.82, 2.24) is 0 Å². The molecule has 0 aromatic heterocycles. The second kappa shape index (κ2) is 8.93. The largest absolute Gasteiger partial charge is 0.495 e. The maximum atomic E-state index is 12.5. The Morgan fingerprint density at radius 1 is 0.963 bits per heavy atom. The first-order valence-electron chi connectivity index (χ1n) is 8.32. The highest BCUT2D eigenvalue weighted by Crippen LogP contribution is 2.29. The summed E-state index contributed by atoms with van der Waals surface area (Å²) in [6, 6.07) is 9.82. The number of carbonyl (C=O) groups excluding carboxylic acids is 1. The zero-order chi connectivity index (χ0) is 20.0. The number of rotatable bonds is 8. The van der Waals surface area contributed by atoms with Gasteiger partial charge in [0.25, 0.3) is 0 Å². The molecule has 0 spiro atoms. The van der Waals surface area contributed by atoms with E-state index in [1.165, 1.54) is 25.3 Å². The van der Waals surface area contributed by atoms with Crippen molar-refractivity contribution in [3.63, 3.8) is 0 Å². The lowest BCUT2D eigenvalue weighted by Gasteiger charge is -2.16. The quantitative estimate of drug-likeness (QED) is 0.738. The molecule has 0 bridgehead atoms. The Morgan fingerprint density at radius 2 is 1.63 bits per heavy atom. The maximum absolute atomic E-state index is 12.5. The summed E-state index contributed by atoms with van der Waals surface area (Å²) in [7, 11) is 4.55. The lowest BCUT2D eigenvalue weighted by Crippen LogP contribution is -2.22. The van der Waals surface area contributed by atoms with Gasteiger partial charge in [-0.1, -0.05) is 13.0 Å². The molecule has 0 heterocycles. The Labute approximate surface area is 157 Å². The lowest BCUT2D eigenvalue weighted by atomic mass is 9.99. The molecule has 144 valence electrons. The van der Waals surface area contributed by atoms with Crippen molar-refractivity contribution >= 4 is 17.6 Å². The molecule has 0 saturated carbocycles. The van der Waals surface area contributed by atoms with E-state index in [1.807, 2.05) is 19.1 Å². The summed E-state index contributed by atoms with van der Waals surface area (Å²) in [5, 5.41) is 11.8. The summed E-state index contributed by atoms with van der Waals surface area (Å²) < 4.78 is 15.7. The van der Waals surface area contributed by atoms with E-state index in [1.54, 1.807) is 20.3 Å². The third-order valence-corrected chi connectivity index (χ3v) is 4.14. The number of benzene rings is 2. The molecule has 0 aliphatic rings. The lowest BCUT2D eigenvalue weighted by molar-refractivity contribution is -0.119. The molecule has 7 heteroatoms. The van der Waals surface area contributed by atoms with Gasteiger partial charge in [0.1, 0.15) is 5.75 Å². The van der Waals surface area contributed by atoms with E-state index in [0.717, 1.165) is 5.56 Å². The average Bonchev–Trinajstić information content (AvgIpc) is 2.67. The molecule has 2 aromatic rings. The number of nitrogens with one attached hydrogen (secondary N) is 1. The van der Waals surface area contributed by atoms with Crippen molar-refractivity contribution in [2.75, 3.05) is 26.6 Å². The normalized spacial score (nSPS) is 11.4. The number of ether oxygens (including phenoxy) is 3. The highest BCUT2D eigenvalue weighted by Gasteiger charge is 2.17. The number of anilines is 1. The van der Waals surface area contributed by atoms with E-state index in [-0.39, 0.29) is 17.4 Å². The number of hydrogen-bond donors (Lipinski definition) is 2. The van der Waals surface area contributed by atoms with Crippen LogP contribution in [0.25, 0.3) is 0 Å². The minimum atomic E-state index is -1.06. The zero-order valence-corrected chi connectivity index (χ0v) is 15.7. The molecule has 2 rings (SSSR count). The van der Waals surface area contributed by atoms with Crippen LogP contribution in [0.4, 0.5) is 5.69 Å². The molecule has 0 radical (unpaired) electrons. The van der Waals surface area contributed by atoms with Gasteiger partial charge >= 0.3 is 5.97 Å². The predicted molar refractivity (Wildman–Crippen MR) is 101 cm³/mol. The van der Waals surface area contributed by atoms with Crippen molar-refractivity contribution in [3.05, 3.63) is 47.5 Å².